The molecule has 0 radical (unpaired) electrons. The summed E-state index contributed by atoms with van der Waals surface area (Å²) in [4.78, 5) is 12.2. The van der Waals surface area contributed by atoms with Gasteiger partial charge in [0, 0.05) is 24.8 Å². The van der Waals surface area contributed by atoms with Crippen LogP contribution in [0.15, 0.2) is 82.7 Å². The SMILES string of the molecule is C=N/C=C\C(C=Nc1ccc(-c2ccncc2)cc1)=C/C. The van der Waals surface area contributed by atoms with E-state index in [1.807, 2.05) is 49.6 Å². The molecule has 21 heavy (non-hydrogen) atoms. The Kier molecular flexibility index (Phi) is 5.35. The number of aliphatic imine (C=N–C) groups is 2. The molecule has 3 nitrogen and oxygen atoms in total. The van der Waals surface area contributed by atoms with Gasteiger partial charge in [-0.3, -0.25) is 15.0 Å². The highest BCUT2D eigenvalue weighted by molar-refractivity contribution is 5.84. The molecule has 0 aliphatic carbocycles. The third-order valence-electron chi connectivity index (χ3n) is 2.95. The van der Waals surface area contributed by atoms with Gasteiger partial charge in [-0.25, -0.2) is 0 Å². The zero-order chi connectivity index (χ0) is 14.9. The van der Waals surface area contributed by atoms with E-state index in [4.69, 9.17) is 0 Å². The maximum atomic E-state index is 4.45. The molecular formula is C18H17N3. The van der Waals surface area contributed by atoms with Gasteiger partial charge in [0.2, 0.25) is 0 Å². The Morgan fingerprint density at radius 3 is 2.33 bits per heavy atom. The van der Waals surface area contributed by atoms with Crippen LogP contribution in [0.25, 0.3) is 11.1 Å². The first-order valence-corrected chi connectivity index (χ1v) is 6.66. The van der Waals surface area contributed by atoms with Crippen molar-refractivity contribution in [3.63, 3.8) is 0 Å². The van der Waals surface area contributed by atoms with Crippen LogP contribution in [0, 0.1) is 0 Å². The third kappa shape index (κ3) is 4.35. The number of rotatable bonds is 5. The van der Waals surface area contributed by atoms with Crippen LogP contribution >= 0.6 is 0 Å². The van der Waals surface area contributed by atoms with Crippen molar-refractivity contribution in [2.24, 2.45) is 9.98 Å². The van der Waals surface area contributed by atoms with Crippen LogP contribution < -0.4 is 0 Å². The van der Waals surface area contributed by atoms with Crippen molar-refractivity contribution >= 4 is 18.6 Å². The molecule has 0 N–H and O–H groups in total. The van der Waals surface area contributed by atoms with E-state index in [9.17, 15) is 0 Å². The topological polar surface area (TPSA) is 37.6 Å². The Labute approximate surface area is 125 Å². The fourth-order valence-electron chi connectivity index (χ4n) is 1.79. The van der Waals surface area contributed by atoms with E-state index in [1.54, 1.807) is 18.6 Å². The monoisotopic (exact) mass is 275 g/mol. The number of allylic oxidation sites excluding steroid dienone is 3. The lowest BCUT2D eigenvalue weighted by atomic mass is 10.1. The summed E-state index contributed by atoms with van der Waals surface area (Å²) < 4.78 is 0. The standard InChI is InChI=1S/C18H17N3/c1-3-15(8-11-19-2)14-21-18-6-4-16(5-7-18)17-9-12-20-13-10-17/h3-14H,2H2,1H3/b11-8-,15-3+,21-14?. The van der Waals surface area contributed by atoms with E-state index in [2.05, 4.69) is 33.8 Å². The lowest BCUT2D eigenvalue weighted by Gasteiger charge is -2.01. The second-order valence-electron chi connectivity index (χ2n) is 4.33. The van der Waals surface area contributed by atoms with Crippen molar-refractivity contribution in [3.8, 4) is 11.1 Å². The Bertz CT molecular complexity index is 665. The first-order chi connectivity index (χ1) is 10.3. The number of aromatic nitrogens is 1. The highest BCUT2D eigenvalue weighted by atomic mass is 14.7. The lowest BCUT2D eigenvalue weighted by Crippen LogP contribution is -1.80. The van der Waals surface area contributed by atoms with Gasteiger partial charge in [-0.1, -0.05) is 18.2 Å². The second kappa shape index (κ2) is 7.70. The molecule has 0 aliphatic heterocycles. The first kappa shape index (κ1) is 14.6. The number of benzene rings is 1. The van der Waals surface area contributed by atoms with Gasteiger partial charge in [0.15, 0.2) is 0 Å². The van der Waals surface area contributed by atoms with E-state index in [1.165, 1.54) is 0 Å². The van der Waals surface area contributed by atoms with Crippen LogP contribution in [0.2, 0.25) is 0 Å². The predicted octanol–water partition coefficient (Wildman–Crippen LogP) is 4.61. The van der Waals surface area contributed by atoms with Gasteiger partial charge in [-0.2, -0.15) is 0 Å². The number of hydrogen-bond acceptors (Lipinski definition) is 3. The van der Waals surface area contributed by atoms with Crippen LogP contribution in [-0.4, -0.2) is 17.9 Å². The molecule has 0 aliphatic rings. The van der Waals surface area contributed by atoms with E-state index < -0.39 is 0 Å². The van der Waals surface area contributed by atoms with Gasteiger partial charge in [0.05, 0.1) is 5.69 Å². The van der Waals surface area contributed by atoms with Crippen LogP contribution in [-0.2, 0) is 0 Å². The molecule has 2 rings (SSSR count). The van der Waals surface area contributed by atoms with E-state index >= 15 is 0 Å². The molecule has 0 unspecified atom stereocenters. The van der Waals surface area contributed by atoms with Crippen molar-refractivity contribution < 1.29 is 0 Å². The quantitative estimate of drug-likeness (QED) is 0.580. The van der Waals surface area contributed by atoms with Gasteiger partial charge >= 0.3 is 0 Å². The molecule has 1 aromatic heterocycles. The first-order valence-electron chi connectivity index (χ1n) is 6.66. The van der Waals surface area contributed by atoms with Crippen molar-refractivity contribution in [2.75, 3.05) is 0 Å². The molecule has 0 amide bonds. The molecule has 0 saturated heterocycles. The molecule has 2 aromatic rings. The Morgan fingerprint density at radius 2 is 1.71 bits per heavy atom. The van der Waals surface area contributed by atoms with E-state index in [0.717, 1.165) is 22.4 Å². The normalized spacial score (nSPS) is 12.1. The minimum Gasteiger partial charge on any atom is -0.272 e. The smallest absolute Gasteiger partial charge is 0.0630 e. The summed E-state index contributed by atoms with van der Waals surface area (Å²) in [6.07, 6.45) is 10.9. The van der Waals surface area contributed by atoms with Crippen molar-refractivity contribution in [3.05, 3.63) is 72.7 Å². The van der Waals surface area contributed by atoms with Crippen LogP contribution in [0.5, 0.6) is 0 Å². The highest BCUT2D eigenvalue weighted by Crippen LogP contribution is 2.21. The molecular weight excluding hydrogens is 258 g/mol. The van der Waals surface area contributed by atoms with Gasteiger partial charge in [0.1, 0.15) is 0 Å². The largest absolute Gasteiger partial charge is 0.272 e. The minimum absolute atomic E-state index is 0.909. The lowest BCUT2D eigenvalue weighted by molar-refractivity contribution is 1.33. The molecule has 0 spiro atoms. The molecule has 0 bridgehead atoms. The van der Waals surface area contributed by atoms with E-state index in [-0.39, 0.29) is 0 Å². The van der Waals surface area contributed by atoms with Crippen molar-refractivity contribution in [2.45, 2.75) is 6.92 Å². The van der Waals surface area contributed by atoms with Crippen LogP contribution in [0.3, 0.4) is 0 Å². The van der Waals surface area contributed by atoms with Crippen molar-refractivity contribution in [1.29, 1.82) is 0 Å². The van der Waals surface area contributed by atoms with Crippen LogP contribution in [0.4, 0.5) is 5.69 Å². The number of pyridine rings is 1. The summed E-state index contributed by atoms with van der Waals surface area (Å²) in [6, 6.07) is 12.1. The molecule has 0 saturated carbocycles. The fraction of sp³-hybridized carbons (Fsp3) is 0.0556. The Hall–Kier alpha value is -2.81. The molecule has 1 heterocycles. The summed E-state index contributed by atoms with van der Waals surface area (Å²) in [5.74, 6) is 0. The molecule has 3 heteroatoms. The maximum Gasteiger partial charge on any atom is 0.0630 e. The highest BCUT2D eigenvalue weighted by Gasteiger charge is 1.96. The average Bonchev–Trinajstić information content (AvgIpc) is 2.56. The fourth-order valence-corrected chi connectivity index (χ4v) is 1.79. The summed E-state index contributed by atoms with van der Waals surface area (Å²) in [6.45, 7) is 5.37. The van der Waals surface area contributed by atoms with E-state index in [0.29, 0.717) is 0 Å². The van der Waals surface area contributed by atoms with Gasteiger partial charge in [-0.05, 0) is 60.7 Å². The van der Waals surface area contributed by atoms with Gasteiger partial charge in [-0.15, -0.1) is 0 Å². The number of hydrogen-bond donors (Lipinski definition) is 0. The maximum absolute atomic E-state index is 4.45. The molecule has 0 fully saturated rings. The number of nitrogens with zero attached hydrogens (tertiary/aromatic N) is 3. The molecule has 1 aromatic carbocycles. The summed E-state index contributed by atoms with van der Waals surface area (Å²) in [7, 11) is 0. The summed E-state index contributed by atoms with van der Waals surface area (Å²) in [5.41, 5.74) is 4.20. The molecule has 104 valence electrons. The summed E-state index contributed by atoms with van der Waals surface area (Å²) in [5, 5.41) is 0. The third-order valence-corrected chi connectivity index (χ3v) is 2.95. The molecule has 0 atom stereocenters. The Morgan fingerprint density at radius 1 is 1.05 bits per heavy atom. The van der Waals surface area contributed by atoms with Crippen LogP contribution in [0.1, 0.15) is 6.92 Å². The second-order valence-corrected chi connectivity index (χ2v) is 4.33. The van der Waals surface area contributed by atoms with Crippen molar-refractivity contribution in [1.82, 2.24) is 4.98 Å². The zero-order valence-corrected chi connectivity index (χ0v) is 12.0. The average molecular weight is 275 g/mol. The zero-order valence-electron chi connectivity index (χ0n) is 12.0. The van der Waals surface area contributed by atoms with Gasteiger partial charge < -0.3 is 0 Å². The minimum atomic E-state index is 0.909. The predicted molar refractivity (Wildman–Crippen MR) is 90.3 cm³/mol. The Balaban J connectivity index is 2.13. The summed E-state index contributed by atoms with van der Waals surface area (Å²) >= 11 is 0. The van der Waals surface area contributed by atoms with Gasteiger partial charge in [0.25, 0.3) is 0 Å².